The third-order valence-corrected chi connectivity index (χ3v) is 3.03. The maximum atomic E-state index is 11.4. The smallest absolute Gasteiger partial charge is 0.334 e. The number of benzene rings is 1. The lowest BCUT2D eigenvalue weighted by molar-refractivity contribution is -0.139. The fourth-order valence-corrected chi connectivity index (χ4v) is 2.03. The minimum Gasteiger partial charge on any atom is -0.493 e. The average Bonchev–Trinajstić information content (AvgIpc) is 2.76. The fraction of sp³-hybridized carbons (Fsp3) is 0.357. The molecule has 19 heavy (non-hydrogen) atoms. The first-order valence-corrected chi connectivity index (χ1v) is 5.79. The van der Waals surface area contributed by atoms with Crippen LogP contribution in [0.4, 0.5) is 0 Å². The lowest BCUT2D eigenvalue weighted by atomic mass is 10.0. The zero-order valence-electron chi connectivity index (χ0n) is 11.2. The molecule has 0 radical (unpaired) electrons. The molecular weight excluding hydrogens is 248 g/mol. The molecule has 0 unspecified atom stereocenters. The molecule has 5 nitrogen and oxygen atoms in total. The highest BCUT2D eigenvalue weighted by molar-refractivity contribution is 5.90. The molecule has 0 aromatic heterocycles. The molecule has 1 heterocycles. The van der Waals surface area contributed by atoms with Crippen molar-refractivity contribution in [2.45, 2.75) is 12.5 Å². The van der Waals surface area contributed by atoms with Crippen LogP contribution < -0.4 is 14.2 Å². The molecule has 1 atom stereocenters. The van der Waals surface area contributed by atoms with Crippen molar-refractivity contribution in [1.82, 2.24) is 0 Å². The first-order chi connectivity index (χ1) is 9.10. The minimum absolute atomic E-state index is 0.353. The van der Waals surface area contributed by atoms with Crippen molar-refractivity contribution in [2.24, 2.45) is 0 Å². The highest BCUT2D eigenvalue weighted by atomic mass is 16.6. The first kappa shape index (κ1) is 13.3. The zero-order valence-corrected chi connectivity index (χ0v) is 11.2. The average molecular weight is 264 g/mol. The molecule has 1 fully saturated rings. The quantitative estimate of drug-likeness (QED) is 0.616. The van der Waals surface area contributed by atoms with Crippen molar-refractivity contribution >= 4 is 5.97 Å². The normalized spacial score (nSPS) is 18.2. The lowest BCUT2D eigenvalue weighted by Crippen LogP contribution is -2.02. The second-order valence-electron chi connectivity index (χ2n) is 4.16. The molecule has 0 aliphatic carbocycles. The van der Waals surface area contributed by atoms with Crippen molar-refractivity contribution < 1.29 is 23.7 Å². The number of rotatable bonds is 4. The third-order valence-electron chi connectivity index (χ3n) is 3.03. The summed E-state index contributed by atoms with van der Waals surface area (Å²) in [7, 11) is 4.62. The maximum absolute atomic E-state index is 11.4. The van der Waals surface area contributed by atoms with Gasteiger partial charge in [-0.2, -0.15) is 0 Å². The Hall–Kier alpha value is -2.17. The van der Waals surface area contributed by atoms with E-state index < -0.39 is 0 Å². The van der Waals surface area contributed by atoms with Crippen LogP contribution in [0.25, 0.3) is 0 Å². The molecule has 1 aromatic carbocycles. The summed E-state index contributed by atoms with van der Waals surface area (Å²) in [5.74, 6) is 1.21. The van der Waals surface area contributed by atoms with Crippen LogP contribution in [0.3, 0.4) is 0 Å². The Morgan fingerprint density at radius 1 is 1.16 bits per heavy atom. The number of cyclic esters (lactones) is 1. The van der Waals surface area contributed by atoms with Gasteiger partial charge in [-0.05, 0) is 12.1 Å². The Morgan fingerprint density at radius 3 is 2.11 bits per heavy atom. The van der Waals surface area contributed by atoms with E-state index in [1.165, 1.54) is 7.11 Å². The predicted octanol–water partition coefficient (Wildman–Crippen LogP) is 2.26. The summed E-state index contributed by atoms with van der Waals surface area (Å²) >= 11 is 0. The summed E-state index contributed by atoms with van der Waals surface area (Å²) < 4.78 is 21.0. The Bertz CT molecular complexity index is 480. The molecule has 1 aliphatic rings. The largest absolute Gasteiger partial charge is 0.493 e. The molecule has 1 aromatic rings. The zero-order chi connectivity index (χ0) is 14.0. The maximum Gasteiger partial charge on any atom is 0.334 e. The van der Waals surface area contributed by atoms with Gasteiger partial charge in [-0.3, -0.25) is 0 Å². The molecular formula is C14H16O5. The van der Waals surface area contributed by atoms with Gasteiger partial charge < -0.3 is 18.9 Å². The van der Waals surface area contributed by atoms with Gasteiger partial charge in [0, 0.05) is 17.6 Å². The van der Waals surface area contributed by atoms with Crippen LogP contribution in [-0.4, -0.2) is 27.3 Å². The summed E-state index contributed by atoms with van der Waals surface area (Å²) in [5, 5.41) is 0. The molecule has 2 rings (SSSR count). The van der Waals surface area contributed by atoms with Gasteiger partial charge in [0.15, 0.2) is 11.5 Å². The highest BCUT2D eigenvalue weighted by Gasteiger charge is 2.30. The van der Waals surface area contributed by atoms with E-state index in [4.69, 9.17) is 18.9 Å². The summed E-state index contributed by atoms with van der Waals surface area (Å²) in [6.07, 6.45) is 0.117. The summed E-state index contributed by atoms with van der Waals surface area (Å²) in [6, 6.07) is 3.55. The van der Waals surface area contributed by atoms with E-state index >= 15 is 0 Å². The van der Waals surface area contributed by atoms with Gasteiger partial charge in [-0.25, -0.2) is 4.79 Å². The first-order valence-electron chi connectivity index (χ1n) is 5.79. The third kappa shape index (κ3) is 2.36. The van der Waals surface area contributed by atoms with Gasteiger partial charge >= 0.3 is 5.97 Å². The number of hydrogen-bond donors (Lipinski definition) is 0. The Balaban J connectivity index is 2.42. The van der Waals surface area contributed by atoms with E-state index in [1.54, 1.807) is 26.4 Å². The molecule has 1 aliphatic heterocycles. The second kappa shape index (κ2) is 5.22. The molecule has 0 bridgehead atoms. The van der Waals surface area contributed by atoms with Crippen LogP contribution in [0.2, 0.25) is 0 Å². The van der Waals surface area contributed by atoms with Crippen molar-refractivity contribution in [2.75, 3.05) is 21.3 Å². The SMILES string of the molecule is C=C1C[C@H](c2cc(OC)c(OC)c(OC)c2)OC1=O. The monoisotopic (exact) mass is 264 g/mol. The van der Waals surface area contributed by atoms with Gasteiger partial charge in [-0.15, -0.1) is 0 Å². The van der Waals surface area contributed by atoms with E-state index in [-0.39, 0.29) is 12.1 Å². The number of esters is 1. The lowest BCUT2D eigenvalue weighted by Gasteiger charge is -2.16. The molecule has 0 N–H and O–H groups in total. The predicted molar refractivity (Wildman–Crippen MR) is 68.7 cm³/mol. The Kier molecular flexibility index (Phi) is 3.64. The van der Waals surface area contributed by atoms with E-state index in [0.29, 0.717) is 29.2 Å². The van der Waals surface area contributed by atoms with Crippen LogP contribution in [0.15, 0.2) is 24.3 Å². The highest BCUT2D eigenvalue weighted by Crippen LogP contribution is 2.42. The van der Waals surface area contributed by atoms with E-state index in [9.17, 15) is 4.79 Å². The van der Waals surface area contributed by atoms with E-state index in [2.05, 4.69) is 6.58 Å². The topological polar surface area (TPSA) is 54.0 Å². The number of ether oxygens (including phenoxy) is 4. The van der Waals surface area contributed by atoms with E-state index in [1.807, 2.05) is 0 Å². The Morgan fingerprint density at radius 2 is 1.74 bits per heavy atom. The second-order valence-corrected chi connectivity index (χ2v) is 4.16. The molecule has 5 heteroatoms. The molecule has 0 spiro atoms. The van der Waals surface area contributed by atoms with Gasteiger partial charge in [0.2, 0.25) is 5.75 Å². The number of hydrogen-bond acceptors (Lipinski definition) is 5. The fourth-order valence-electron chi connectivity index (χ4n) is 2.03. The van der Waals surface area contributed by atoms with Gasteiger partial charge in [-0.1, -0.05) is 6.58 Å². The van der Waals surface area contributed by atoms with Crippen LogP contribution >= 0.6 is 0 Å². The molecule has 102 valence electrons. The van der Waals surface area contributed by atoms with Crippen LogP contribution in [0, 0.1) is 0 Å². The molecule has 1 saturated heterocycles. The summed E-state index contributed by atoms with van der Waals surface area (Å²) in [5.41, 5.74) is 1.26. The van der Waals surface area contributed by atoms with Gasteiger partial charge in [0.25, 0.3) is 0 Å². The van der Waals surface area contributed by atoms with Crippen LogP contribution in [-0.2, 0) is 9.53 Å². The summed E-state index contributed by atoms with van der Waals surface area (Å²) in [6.45, 7) is 3.67. The number of methoxy groups -OCH3 is 3. The van der Waals surface area contributed by atoms with Crippen molar-refractivity contribution in [1.29, 1.82) is 0 Å². The standard InChI is InChI=1S/C14H16O5/c1-8-5-10(19-14(8)15)9-6-11(16-2)13(18-4)12(7-9)17-3/h6-7,10H,1,5H2,2-4H3/t10-/m1/s1. The minimum atomic E-state index is -0.362. The number of carbonyl (C=O) groups excluding carboxylic acids is 1. The molecule has 0 amide bonds. The molecule has 0 saturated carbocycles. The Labute approximate surface area is 111 Å². The van der Waals surface area contributed by atoms with Crippen LogP contribution in [0.5, 0.6) is 17.2 Å². The van der Waals surface area contributed by atoms with E-state index in [0.717, 1.165) is 5.56 Å². The van der Waals surface area contributed by atoms with Gasteiger partial charge in [0.1, 0.15) is 6.10 Å². The summed E-state index contributed by atoms with van der Waals surface area (Å²) in [4.78, 5) is 11.4. The van der Waals surface area contributed by atoms with Crippen LogP contribution in [0.1, 0.15) is 18.1 Å². The van der Waals surface area contributed by atoms with Crippen molar-refractivity contribution in [3.8, 4) is 17.2 Å². The van der Waals surface area contributed by atoms with Crippen molar-refractivity contribution in [3.05, 3.63) is 29.8 Å². The van der Waals surface area contributed by atoms with Crippen molar-refractivity contribution in [3.63, 3.8) is 0 Å². The number of carbonyl (C=O) groups is 1. The van der Waals surface area contributed by atoms with Gasteiger partial charge in [0.05, 0.1) is 21.3 Å².